The van der Waals surface area contributed by atoms with Gasteiger partial charge in [0.05, 0.1) is 25.9 Å². The molecule has 3 aliphatic rings. The molecule has 0 aliphatic carbocycles. The largest absolute Gasteiger partial charge is 0.393 e. The first-order chi connectivity index (χ1) is 10.6. The van der Waals surface area contributed by atoms with Crippen LogP contribution in [0, 0.1) is 0 Å². The van der Waals surface area contributed by atoms with Gasteiger partial charge in [0.25, 0.3) is 0 Å². The summed E-state index contributed by atoms with van der Waals surface area (Å²) in [7, 11) is 0. The van der Waals surface area contributed by atoms with Crippen LogP contribution >= 0.6 is 0 Å². The molecule has 7 heteroatoms. The molecule has 7 nitrogen and oxygen atoms in total. The molecule has 0 aromatic carbocycles. The lowest BCUT2D eigenvalue weighted by Gasteiger charge is -2.44. The highest BCUT2D eigenvalue weighted by atomic mass is 16.5. The Morgan fingerprint density at radius 1 is 1.14 bits per heavy atom. The lowest BCUT2D eigenvalue weighted by atomic mass is 9.96. The summed E-state index contributed by atoms with van der Waals surface area (Å²) in [6.45, 7) is 5.66. The van der Waals surface area contributed by atoms with E-state index in [9.17, 15) is 14.7 Å². The van der Waals surface area contributed by atoms with E-state index in [1.807, 2.05) is 0 Å². The average Bonchev–Trinajstić information content (AvgIpc) is 2.53. The maximum Gasteiger partial charge on any atom is 0.245 e. The Bertz CT molecular complexity index is 425. The number of piperazine rings is 1. The number of aliphatic hydroxyl groups excluding tert-OH is 1. The molecule has 0 saturated carbocycles. The number of aliphatic hydroxyl groups is 1. The molecule has 3 rings (SSSR count). The van der Waals surface area contributed by atoms with Crippen LogP contribution in [0.5, 0.6) is 0 Å². The molecule has 0 radical (unpaired) electrons. The van der Waals surface area contributed by atoms with Crippen molar-refractivity contribution in [3.8, 4) is 0 Å². The summed E-state index contributed by atoms with van der Waals surface area (Å²) < 4.78 is 5.32. The van der Waals surface area contributed by atoms with Crippen molar-refractivity contribution < 1.29 is 19.4 Å². The van der Waals surface area contributed by atoms with E-state index >= 15 is 0 Å². The van der Waals surface area contributed by atoms with Gasteiger partial charge in [0.15, 0.2) is 0 Å². The molecule has 0 aromatic rings. The van der Waals surface area contributed by atoms with Crippen LogP contribution in [0.4, 0.5) is 0 Å². The molecule has 2 atom stereocenters. The molecule has 0 unspecified atom stereocenters. The number of piperidine rings is 1. The number of morpholine rings is 1. The Morgan fingerprint density at radius 2 is 1.91 bits per heavy atom. The monoisotopic (exact) mass is 311 g/mol. The van der Waals surface area contributed by atoms with Gasteiger partial charge in [-0.3, -0.25) is 14.5 Å². The topological polar surface area (TPSA) is 73.3 Å². The molecular formula is C15H25N3O4. The van der Waals surface area contributed by atoms with Crippen LogP contribution in [0.1, 0.15) is 19.3 Å². The molecule has 3 aliphatic heterocycles. The first-order valence-electron chi connectivity index (χ1n) is 8.21. The van der Waals surface area contributed by atoms with Crippen LogP contribution in [-0.4, -0.2) is 96.2 Å². The molecule has 3 saturated heterocycles. The smallest absolute Gasteiger partial charge is 0.245 e. The molecule has 0 bridgehead atoms. The van der Waals surface area contributed by atoms with Gasteiger partial charge in [-0.05, 0) is 12.8 Å². The van der Waals surface area contributed by atoms with Crippen molar-refractivity contribution >= 4 is 11.8 Å². The summed E-state index contributed by atoms with van der Waals surface area (Å²) in [4.78, 5) is 30.3. The minimum Gasteiger partial charge on any atom is -0.393 e. The van der Waals surface area contributed by atoms with Crippen molar-refractivity contribution in [2.24, 2.45) is 0 Å². The summed E-state index contributed by atoms with van der Waals surface area (Å²) in [5, 5.41) is 9.76. The third kappa shape index (κ3) is 3.42. The number of carbonyl (C=O) groups excluding carboxylic acids is 2. The van der Waals surface area contributed by atoms with E-state index in [2.05, 4.69) is 4.90 Å². The molecule has 22 heavy (non-hydrogen) atoms. The SMILES string of the molecule is O=C1[C@@H]2C[C@H](O)CCN2C(=O)CN1CCCN1CCOCC1. The molecule has 0 spiro atoms. The van der Waals surface area contributed by atoms with Gasteiger partial charge in [0, 0.05) is 39.1 Å². The second-order valence-corrected chi connectivity index (χ2v) is 6.35. The summed E-state index contributed by atoms with van der Waals surface area (Å²) in [5.41, 5.74) is 0. The van der Waals surface area contributed by atoms with Crippen molar-refractivity contribution in [1.29, 1.82) is 0 Å². The number of amides is 2. The first kappa shape index (κ1) is 15.7. The molecule has 1 N–H and O–H groups in total. The van der Waals surface area contributed by atoms with Crippen LogP contribution in [0.15, 0.2) is 0 Å². The Balaban J connectivity index is 1.50. The quantitative estimate of drug-likeness (QED) is 0.714. The highest BCUT2D eigenvalue weighted by molar-refractivity contribution is 5.95. The van der Waals surface area contributed by atoms with Gasteiger partial charge in [-0.25, -0.2) is 0 Å². The van der Waals surface area contributed by atoms with E-state index < -0.39 is 12.1 Å². The molecule has 0 aromatic heterocycles. The van der Waals surface area contributed by atoms with E-state index in [4.69, 9.17) is 4.74 Å². The van der Waals surface area contributed by atoms with E-state index in [0.29, 0.717) is 25.9 Å². The highest BCUT2D eigenvalue weighted by Crippen LogP contribution is 2.23. The van der Waals surface area contributed by atoms with Gasteiger partial charge in [0.2, 0.25) is 11.8 Å². The predicted octanol–water partition coefficient (Wildman–Crippen LogP) is -1.10. The third-order valence-electron chi connectivity index (χ3n) is 4.82. The maximum atomic E-state index is 12.5. The van der Waals surface area contributed by atoms with Crippen molar-refractivity contribution in [2.75, 3.05) is 52.5 Å². The lowest BCUT2D eigenvalue weighted by molar-refractivity contribution is -0.160. The van der Waals surface area contributed by atoms with Crippen molar-refractivity contribution in [1.82, 2.24) is 14.7 Å². The van der Waals surface area contributed by atoms with Crippen LogP contribution in [0.25, 0.3) is 0 Å². The van der Waals surface area contributed by atoms with Gasteiger partial charge < -0.3 is 19.6 Å². The molecule has 2 amide bonds. The predicted molar refractivity (Wildman–Crippen MR) is 79.2 cm³/mol. The van der Waals surface area contributed by atoms with Crippen molar-refractivity contribution in [3.05, 3.63) is 0 Å². The molecular weight excluding hydrogens is 286 g/mol. The van der Waals surface area contributed by atoms with Gasteiger partial charge in [-0.15, -0.1) is 0 Å². The normalized spacial score (nSPS) is 30.6. The molecule has 3 heterocycles. The van der Waals surface area contributed by atoms with Gasteiger partial charge in [-0.2, -0.15) is 0 Å². The highest BCUT2D eigenvalue weighted by Gasteiger charge is 2.42. The summed E-state index contributed by atoms with van der Waals surface area (Å²) in [6, 6.07) is -0.451. The number of rotatable bonds is 4. The summed E-state index contributed by atoms with van der Waals surface area (Å²) in [6.07, 6.45) is 1.36. The van der Waals surface area contributed by atoms with Crippen molar-refractivity contribution in [2.45, 2.75) is 31.4 Å². The lowest BCUT2D eigenvalue weighted by Crippen LogP contribution is -2.63. The second kappa shape index (κ2) is 6.93. The Kier molecular flexibility index (Phi) is 4.95. The number of hydrogen-bond acceptors (Lipinski definition) is 5. The van der Waals surface area contributed by atoms with Crippen molar-refractivity contribution in [3.63, 3.8) is 0 Å². The van der Waals surface area contributed by atoms with E-state index in [-0.39, 0.29) is 18.4 Å². The van der Waals surface area contributed by atoms with Crippen LogP contribution in [0.2, 0.25) is 0 Å². The number of nitrogens with zero attached hydrogens (tertiary/aromatic N) is 3. The minimum atomic E-state index is -0.466. The number of hydrogen-bond donors (Lipinski definition) is 1. The zero-order chi connectivity index (χ0) is 15.5. The van der Waals surface area contributed by atoms with E-state index in [1.54, 1.807) is 9.80 Å². The Morgan fingerprint density at radius 3 is 2.68 bits per heavy atom. The summed E-state index contributed by atoms with van der Waals surface area (Å²) >= 11 is 0. The average molecular weight is 311 g/mol. The minimum absolute atomic E-state index is 0.000303. The first-order valence-corrected chi connectivity index (χ1v) is 8.21. The third-order valence-corrected chi connectivity index (χ3v) is 4.82. The van der Waals surface area contributed by atoms with Crippen LogP contribution in [-0.2, 0) is 14.3 Å². The fraction of sp³-hybridized carbons (Fsp3) is 0.867. The van der Waals surface area contributed by atoms with E-state index in [1.165, 1.54) is 0 Å². The van der Waals surface area contributed by atoms with Crippen LogP contribution < -0.4 is 0 Å². The van der Waals surface area contributed by atoms with Gasteiger partial charge >= 0.3 is 0 Å². The van der Waals surface area contributed by atoms with Gasteiger partial charge in [-0.1, -0.05) is 0 Å². The molecule has 124 valence electrons. The zero-order valence-electron chi connectivity index (χ0n) is 12.9. The van der Waals surface area contributed by atoms with E-state index in [0.717, 1.165) is 39.3 Å². The Hall–Kier alpha value is -1.18. The number of fused-ring (bicyclic) bond motifs is 1. The maximum absolute atomic E-state index is 12.5. The second-order valence-electron chi connectivity index (χ2n) is 6.35. The van der Waals surface area contributed by atoms with Crippen LogP contribution in [0.3, 0.4) is 0 Å². The fourth-order valence-electron chi connectivity index (χ4n) is 3.52. The number of carbonyl (C=O) groups is 2. The summed E-state index contributed by atoms with van der Waals surface area (Å²) in [5.74, 6) is 0.0169. The zero-order valence-corrected chi connectivity index (χ0v) is 12.9. The standard InChI is InChI=1S/C15H25N3O4/c19-12-2-5-18-13(10-12)15(21)17(11-14(18)20)4-1-3-16-6-8-22-9-7-16/h12-13,19H,1-11H2/t12-,13+/m1/s1. The van der Waals surface area contributed by atoms with Gasteiger partial charge in [0.1, 0.15) is 6.04 Å². The molecule has 3 fully saturated rings. The number of ether oxygens (including phenoxy) is 1. The Labute approximate surface area is 130 Å². The fourth-order valence-corrected chi connectivity index (χ4v) is 3.52.